The number of hydrogen-bond donors (Lipinski definition) is 2. The van der Waals surface area contributed by atoms with Crippen LogP contribution in [-0.4, -0.2) is 23.5 Å². The molecule has 0 heterocycles. The van der Waals surface area contributed by atoms with E-state index < -0.39 is 6.04 Å². The Morgan fingerprint density at radius 1 is 1.28 bits per heavy atom. The molecule has 4 heteroatoms. The number of halogens is 1. The van der Waals surface area contributed by atoms with E-state index in [4.69, 9.17) is 5.73 Å². The van der Waals surface area contributed by atoms with Crippen molar-refractivity contribution in [3.05, 3.63) is 35.9 Å². The minimum absolute atomic E-state index is 0. The molecule has 1 aromatic carbocycles. The number of carbonyl (C=O) groups is 1. The molecule has 0 unspecified atom stereocenters. The van der Waals surface area contributed by atoms with Crippen LogP contribution in [0.25, 0.3) is 0 Å². The molecule has 0 radical (unpaired) electrons. The second-order valence-corrected chi connectivity index (χ2v) is 4.73. The van der Waals surface area contributed by atoms with Crippen molar-refractivity contribution in [1.82, 2.24) is 0 Å². The molecule has 0 spiro atoms. The van der Waals surface area contributed by atoms with Crippen LogP contribution >= 0.6 is 12.4 Å². The lowest BCUT2D eigenvalue weighted by Crippen LogP contribution is -2.36. The summed E-state index contributed by atoms with van der Waals surface area (Å²) >= 11 is 0. The average Bonchev–Trinajstić information content (AvgIpc) is 2.35. The predicted octanol–water partition coefficient (Wildman–Crippen LogP) is 2.13. The van der Waals surface area contributed by atoms with Gasteiger partial charge in [0.1, 0.15) is 5.78 Å². The number of aliphatic hydroxyl groups is 1. The van der Waals surface area contributed by atoms with Gasteiger partial charge in [-0.3, -0.25) is 4.79 Å². The normalized spacial score (nSPS) is 13.8. The van der Waals surface area contributed by atoms with Gasteiger partial charge in [-0.2, -0.15) is 0 Å². The molecule has 1 aromatic rings. The quantitative estimate of drug-likeness (QED) is 0.833. The largest absolute Gasteiger partial charge is 0.396 e. The highest BCUT2D eigenvalue weighted by atomic mass is 35.5. The van der Waals surface area contributed by atoms with E-state index in [-0.39, 0.29) is 36.6 Å². The maximum Gasteiger partial charge on any atom is 0.150 e. The van der Waals surface area contributed by atoms with Crippen LogP contribution in [-0.2, 0) is 4.79 Å². The predicted molar refractivity (Wildman–Crippen MR) is 76.0 cm³/mol. The zero-order valence-corrected chi connectivity index (χ0v) is 11.7. The Kier molecular flexibility index (Phi) is 7.83. The van der Waals surface area contributed by atoms with E-state index in [1.807, 2.05) is 44.2 Å². The summed E-state index contributed by atoms with van der Waals surface area (Å²) in [5, 5.41) is 9.36. The van der Waals surface area contributed by atoms with Crippen LogP contribution < -0.4 is 5.73 Å². The average molecular weight is 272 g/mol. The van der Waals surface area contributed by atoms with Crippen LogP contribution in [0.1, 0.15) is 31.7 Å². The second-order valence-electron chi connectivity index (χ2n) is 4.73. The molecule has 0 aliphatic heterocycles. The van der Waals surface area contributed by atoms with Crippen molar-refractivity contribution in [2.75, 3.05) is 6.61 Å². The molecule has 0 saturated carbocycles. The number of aliphatic hydroxyl groups excluding tert-OH is 1. The van der Waals surface area contributed by atoms with Gasteiger partial charge in [-0.25, -0.2) is 0 Å². The Balaban J connectivity index is 0.00000289. The Hall–Kier alpha value is -0.900. The summed E-state index contributed by atoms with van der Waals surface area (Å²) in [4.78, 5) is 11.9. The summed E-state index contributed by atoms with van der Waals surface area (Å²) in [5.74, 6) is 0.00835. The monoisotopic (exact) mass is 271 g/mol. The fourth-order valence-electron chi connectivity index (χ4n) is 1.76. The summed E-state index contributed by atoms with van der Waals surface area (Å²) in [5.41, 5.74) is 6.80. The first-order valence-electron chi connectivity index (χ1n) is 6.00. The number of Topliss-reactive ketones (excluding diaryl/α,β-unsaturated/α-hetero) is 1. The third-order valence-corrected chi connectivity index (χ3v) is 3.03. The van der Waals surface area contributed by atoms with Crippen LogP contribution in [0.15, 0.2) is 30.3 Å². The summed E-state index contributed by atoms with van der Waals surface area (Å²) in [7, 11) is 0. The Bertz CT molecular complexity index is 354. The van der Waals surface area contributed by atoms with E-state index in [0.717, 1.165) is 5.56 Å². The molecular formula is C14H22ClNO2. The molecular weight excluding hydrogens is 250 g/mol. The van der Waals surface area contributed by atoms with E-state index in [1.54, 1.807) is 0 Å². The summed E-state index contributed by atoms with van der Waals surface area (Å²) in [6.07, 6.45) is 0.305. The zero-order valence-electron chi connectivity index (χ0n) is 10.9. The van der Waals surface area contributed by atoms with E-state index >= 15 is 0 Å². The smallest absolute Gasteiger partial charge is 0.150 e. The van der Waals surface area contributed by atoms with E-state index in [2.05, 4.69) is 0 Å². The minimum Gasteiger partial charge on any atom is -0.396 e. The third kappa shape index (κ3) is 4.77. The molecule has 3 N–H and O–H groups in total. The van der Waals surface area contributed by atoms with Gasteiger partial charge >= 0.3 is 0 Å². The maximum atomic E-state index is 11.9. The lowest BCUT2D eigenvalue weighted by Gasteiger charge is -2.18. The number of carbonyl (C=O) groups excluding carboxylic acids is 1. The second kappa shape index (κ2) is 8.25. The molecule has 0 saturated heterocycles. The van der Waals surface area contributed by atoms with Crippen molar-refractivity contribution in [1.29, 1.82) is 0 Å². The number of ketones is 1. The molecule has 0 bridgehead atoms. The molecule has 0 aliphatic carbocycles. The molecule has 3 nitrogen and oxygen atoms in total. The van der Waals surface area contributed by atoms with E-state index in [1.165, 1.54) is 0 Å². The Labute approximate surface area is 115 Å². The van der Waals surface area contributed by atoms with Gasteiger partial charge < -0.3 is 10.8 Å². The van der Waals surface area contributed by atoms with Gasteiger partial charge in [0.25, 0.3) is 0 Å². The highest BCUT2D eigenvalue weighted by Crippen LogP contribution is 2.20. The van der Waals surface area contributed by atoms with Crippen LogP contribution in [0, 0.1) is 5.92 Å². The van der Waals surface area contributed by atoms with Crippen molar-refractivity contribution >= 4 is 18.2 Å². The van der Waals surface area contributed by atoms with Gasteiger partial charge in [0.15, 0.2) is 0 Å². The Morgan fingerprint density at radius 2 is 1.83 bits per heavy atom. The molecule has 0 fully saturated rings. The molecule has 18 heavy (non-hydrogen) atoms. The molecule has 1 rings (SSSR count). The van der Waals surface area contributed by atoms with Crippen LogP contribution in [0.4, 0.5) is 0 Å². The van der Waals surface area contributed by atoms with E-state index in [9.17, 15) is 9.90 Å². The molecule has 0 aliphatic rings. The van der Waals surface area contributed by atoms with Crippen molar-refractivity contribution in [2.24, 2.45) is 11.7 Å². The number of benzene rings is 1. The topological polar surface area (TPSA) is 63.3 Å². The van der Waals surface area contributed by atoms with Crippen molar-refractivity contribution in [3.8, 4) is 0 Å². The van der Waals surface area contributed by atoms with Crippen LogP contribution in [0.3, 0.4) is 0 Å². The standard InChI is InChI=1S/C14H21NO2.ClH/c1-10(2)14(15)13(17)8-12(9-16)11-6-4-3-5-7-11;/h3-7,10,12,14,16H,8-9,15H2,1-2H3;1H/t12-,14-;/m1./s1. The lowest BCUT2D eigenvalue weighted by molar-refractivity contribution is -0.121. The maximum absolute atomic E-state index is 11.9. The van der Waals surface area contributed by atoms with Crippen LogP contribution in [0.2, 0.25) is 0 Å². The first kappa shape index (κ1) is 17.1. The van der Waals surface area contributed by atoms with Crippen molar-refractivity contribution < 1.29 is 9.90 Å². The fourth-order valence-corrected chi connectivity index (χ4v) is 1.76. The fraction of sp³-hybridized carbons (Fsp3) is 0.500. The first-order chi connectivity index (χ1) is 8.06. The number of rotatable bonds is 6. The van der Waals surface area contributed by atoms with Gasteiger partial charge in [-0.15, -0.1) is 12.4 Å². The van der Waals surface area contributed by atoms with Gasteiger partial charge in [0, 0.05) is 12.3 Å². The summed E-state index contributed by atoms with van der Waals surface area (Å²) in [6.45, 7) is 3.83. The number of hydrogen-bond acceptors (Lipinski definition) is 3. The van der Waals surface area contributed by atoms with E-state index in [0.29, 0.717) is 6.42 Å². The SMILES string of the molecule is CC(C)[C@@H](N)C(=O)C[C@H](CO)c1ccccc1.Cl. The summed E-state index contributed by atoms with van der Waals surface area (Å²) in [6, 6.07) is 9.15. The van der Waals surface area contributed by atoms with Gasteiger partial charge in [-0.1, -0.05) is 44.2 Å². The van der Waals surface area contributed by atoms with Gasteiger partial charge in [0.2, 0.25) is 0 Å². The molecule has 0 aromatic heterocycles. The van der Waals surface area contributed by atoms with Crippen molar-refractivity contribution in [2.45, 2.75) is 32.2 Å². The first-order valence-corrected chi connectivity index (χ1v) is 6.00. The molecule has 2 atom stereocenters. The highest BCUT2D eigenvalue weighted by Gasteiger charge is 2.21. The van der Waals surface area contributed by atoms with Gasteiger partial charge in [0.05, 0.1) is 12.6 Å². The Morgan fingerprint density at radius 3 is 2.28 bits per heavy atom. The minimum atomic E-state index is -0.437. The zero-order chi connectivity index (χ0) is 12.8. The molecule has 0 amide bonds. The third-order valence-electron chi connectivity index (χ3n) is 3.03. The van der Waals surface area contributed by atoms with Gasteiger partial charge in [-0.05, 0) is 11.5 Å². The highest BCUT2D eigenvalue weighted by molar-refractivity contribution is 5.85. The van der Waals surface area contributed by atoms with Crippen LogP contribution in [0.5, 0.6) is 0 Å². The lowest BCUT2D eigenvalue weighted by atomic mass is 9.89. The summed E-state index contributed by atoms with van der Waals surface area (Å²) < 4.78 is 0. The number of nitrogens with two attached hydrogens (primary N) is 1. The van der Waals surface area contributed by atoms with Crippen molar-refractivity contribution in [3.63, 3.8) is 0 Å². The molecule has 102 valence electrons.